The van der Waals surface area contributed by atoms with Crippen molar-refractivity contribution >= 4 is 23.1 Å². The van der Waals surface area contributed by atoms with Gasteiger partial charge in [0.25, 0.3) is 5.91 Å². The number of likely N-dealkylation sites (tertiary alicyclic amines) is 1. The van der Waals surface area contributed by atoms with Crippen molar-refractivity contribution in [3.05, 3.63) is 42.0 Å². The lowest BCUT2D eigenvalue weighted by Crippen LogP contribution is -2.38. The highest BCUT2D eigenvalue weighted by molar-refractivity contribution is 5.93. The fraction of sp³-hybridized carbons (Fsp3) is 0.429. The summed E-state index contributed by atoms with van der Waals surface area (Å²) in [6, 6.07) is 4.29. The largest absolute Gasteiger partial charge is 0.485 e. The van der Waals surface area contributed by atoms with Crippen molar-refractivity contribution in [1.82, 2.24) is 24.6 Å². The second-order valence-electron chi connectivity index (χ2n) is 9.75. The quantitative estimate of drug-likeness (QED) is 0.533. The Bertz CT molecular complexity index is 1410. The maximum Gasteiger partial charge on any atom is 0.298 e. The lowest BCUT2D eigenvalue weighted by Gasteiger charge is -2.30. The van der Waals surface area contributed by atoms with Crippen molar-refractivity contribution < 1.29 is 14.3 Å². The predicted molar refractivity (Wildman–Crippen MR) is 143 cm³/mol. The van der Waals surface area contributed by atoms with Gasteiger partial charge in [0.1, 0.15) is 12.4 Å². The van der Waals surface area contributed by atoms with Crippen molar-refractivity contribution in [2.24, 2.45) is 0 Å². The smallest absolute Gasteiger partial charge is 0.298 e. The number of aryl methyl sites for hydroxylation is 1. The number of nitrogens with one attached hydrogen (secondary N) is 1. The first-order valence-electron chi connectivity index (χ1n) is 13.1. The number of rotatable bonds is 3. The molecule has 0 radical (unpaired) electrons. The summed E-state index contributed by atoms with van der Waals surface area (Å²) in [6.45, 7) is 8.57. The lowest BCUT2D eigenvalue weighted by molar-refractivity contribution is -0.126. The Hall–Kier alpha value is -4.10. The van der Waals surface area contributed by atoms with E-state index in [0.29, 0.717) is 19.7 Å². The van der Waals surface area contributed by atoms with Gasteiger partial charge in [-0.25, -0.2) is 9.97 Å². The van der Waals surface area contributed by atoms with E-state index in [-0.39, 0.29) is 11.9 Å². The molecule has 0 unspecified atom stereocenters. The summed E-state index contributed by atoms with van der Waals surface area (Å²) in [5.41, 5.74) is 5.57. The number of carbonyl (C=O) groups is 1. The molecule has 10 heteroatoms. The van der Waals surface area contributed by atoms with Crippen LogP contribution < -0.4 is 15.0 Å². The van der Waals surface area contributed by atoms with Gasteiger partial charge >= 0.3 is 0 Å². The number of piperidine rings is 1. The maximum atomic E-state index is 12.1. The van der Waals surface area contributed by atoms with Crippen LogP contribution in [-0.2, 0) is 16.1 Å². The van der Waals surface area contributed by atoms with Gasteiger partial charge < -0.3 is 24.6 Å². The number of aromatic nitrogens is 4. The number of nitrogens with zero attached hydrogens (tertiary/aromatic N) is 6. The zero-order valence-electron chi connectivity index (χ0n) is 21.7. The Labute approximate surface area is 222 Å². The molecular formula is C28H31N7O3. The van der Waals surface area contributed by atoms with Crippen LogP contribution in [0, 0.1) is 18.8 Å². The topological polar surface area (TPSA) is 97.6 Å². The summed E-state index contributed by atoms with van der Waals surface area (Å²) in [5.74, 6) is 6.76. The van der Waals surface area contributed by atoms with Gasteiger partial charge in [-0.1, -0.05) is 5.92 Å². The number of hydrogen-bond donors (Lipinski definition) is 1. The van der Waals surface area contributed by atoms with Crippen molar-refractivity contribution in [3.63, 3.8) is 0 Å². The number of ether oxygens (including phenoxy) is 2. The van der Waals surface area contributed by atoms with Crippen LogP contribution in [0.3, 0.4) is 0 Å². The molecule has 1 amide bonds. The predicted octanol–water partition coefficient (Wildman–Crippen LogP) is 3.31. The molecule has 0 aromatic carbocycles. The van der Waals surface area contributed by atoms with Gasteiger partial charge in [0, 0.05) is 49.8 Å². The molecule has 6 heterocycles. The number of amides is 1. The normalized spacial score (nSPS) is 17.3. The third kappa shape index (κ3) is 4.65. The monoisotopic (exact) mass is 513 g/mol. The van der Waals surface area contributed by atoms with Gasteiger partial charge in [0.15, 0.2) is 5.75 Å². The average Bonchev–Trinajstić information content (AvgIpc) is 3.36. The molecule has 0 aliphatic carbocycles. The number of pyridine rings is 2. The molecule has 3 aliphatic rings. The van der Waals surface area contributed by atoms with E-state index in [4.69, 9.17) is 14.5 Å². The summed E-state index contributed by atoms with van der Waals surface area (Å²) in [5, 5.41) is 8.17. The van der Waals surface area contributed by atoms with Crippen LogP contribution in [-0.4, -0.2) is 69.9 Å². The molecule has 0 atom stereocenters. The van der Waals surface area contributed by atoms with Crippen LogP contribution in [0.4, 0.5) is 17.2 Å². The Morgan fingerprint density at radius 2 is 2.00 bits per heavy atom. The van der Waals surface area contributed by atoms with Gasteiger partial charge in [0.2, 0.25) is 0 Å². The Kier molecular flexibility index (Phi) is 6.60. The first-order chi connectivity index (χ1) is 18.6. The molecule has 2 saturated heterocycles. The minimum atomic E-state index is -0.0976. The van der Waals surface area contributed by atoms with E-state index >= 15 is 0 Å². The molecule has 1 N–H and O–H groups in total. The van der Waals surface area contributed by atoms with Crippen molar-refractivity contribution in [2.75, 3.05) is 49.6 Å². The second kappa shape index (κ2) is 10.3. The SMILES string of the molecule is CC#CC(=O)N1CCC(n2cc(-c3cc4c(c(C)n3)OCc3c(N5CCOCC5)ccnc3N4)cn2)CC1. The molecule has 38 heavy (non-hydrogen) atoms. The van der Waals surface area contributed by atoms with Crippen molar-refractivity contribution in [1.29, 1.82) is 0 Å². The van der Waals surface area contributed by atoms with Crippen LogP contribution in [0.1, 0.15) is 37.1 Å². The Morgan fingerprint density at radius 1 is 1.18 bits per heavy atom. The van der Waals surface area contributed by atoms with E-state index in [1.807, 2.05) is 47.2 Å². The van der Waals surface area contributed by atoms with Crippen LogP contribution in [0.25, 0.3) is 11.3 Å². The molecule has 0 saturated carbocycles. The standard InChI is InChI=1S/C28H31N7O3/c1-3-4-26(36)34-9-6-21(7-10-34)35-17-20(16-30-35)23-15-24-27(19(2)31-23)38-18-22-25(5-8-29-28(22)32-24)33-11-13-37-14-12-33/h5,8,15-17,21H,6-7,9-14,18H2,1-2H3,(H,29,32). The summed E-state index contributed by atoms with van der Waals surface area (Å²) < 4.78 is 13.8. The number of anilines is 3. The highest BCUT2D eigenvalue weighted by atomic mass is 16.5. The second-order valence-corrected chi connectivity index (χ2v) is 9.75. The van der Waals surface area contributed by atoms with E-state index in [1.165, 1.54) is 0 Å². The molecule has 3 aromatic rings. The molecule has 0 spiro atoms. The van der Waals surface area contributed by atoms with Crippen molar-refractivity contribution in [2.45, 2.75) is 39.3 Å². The first-order valence-corrected chi connectivity index (χ1v) is 13.1. The van der Waals surface area contributed by atoms with E-state index in [2.05, 4.69) is 32.1 Å². The third-order valence-corrected chi connectivity index (χ3v) is 7.39. The molecule has 0 bridgehead atoms. The van der Waals surface area contributed by atoms with Crippen LogP contribution >= 0.6 is 0 Å². The summed E-state index contributed by atoms with van der Waals surface area (Å²) in [6.07, 6.45) is 7.43. The molecule has 10 nitrogen and oxygen atoms in total. The third-order valence-electron chi connectivity index (χ3n) is 7.39. The summed E-state index contributed by atoms with van der Waals surface area (Å²) in [7, 11) is 0. The molecule has 196 valence electrons. The van der Waals surface area contributed by atoms with E-state index < -0.39 is 0 Å². The van der Waals surface area contributed by atoms with Gasteiger partial charge in [-0.2, -0.15) is 5.10 Å². The van der Waals surface area contributed by atoms with Gasteiger partial charge in [-0.3, -0.25) is 9.48 Å². The summed E-state index contributed by atoms with van der Waals surface area (Å²) in [4.78, 5) is 25.7. The Morgan fingerprint density at radius 3 is 2.79 bits per heavy atom. The Balaban J connectivity index is 1.23. The average molecular weight is 514 g/mol. The zero-order valence-corrected chi connectivity index (χ0v) is 21.7. The first kappa shape index (κ1) is 24.2. The van der Waals surface area contributed by atoms with Crippen LogP contribution in [0.2, 0.25) is 0 Å². The highest BCUT2D eigenvalue weighted by Crippen LogP contribution is 2.40. The summed E-state index contributed by atoms with van der Waals surface area (Å²) >= 11 is 0. The highest BCUT2D eigenvalue weighted by Gasteiger charge is 2.26. The molecule has 2 fully saturated rings. The van der Waals surface area contributed by atoms with E-state index in [1.54, 1.807) is 6.92 Å². The minimum Gasteiger partial charge on any atom is -0.485 e. The number of carbonyl (C=O) groups excluding carboxylic acids is 1. The zero-order chi connectivity index (χ0) is 26.1. The van der Waals surface area contributed by atoms with E-state index in [9.17, 15) is 4.79 Å². The van der Waals surface area contributed by atoms with Gasteiger partial charge in [-0.15, -0.1) is 0 Å². The number of morpholine rings is 1. The van der Waals surface area contributed by atoms with Crippen LogP contribution in [0.15, 0.2) is 30.7 Å². The minimum absolute atomic E-state index is 0.0976. The van der Waals surface area contributed by atoms with Crippen LogP contribution in [0.5, 0.6) is 5.75 Å². The fourth-order valence-corrected chi connectivity index (χ4v) is 5.38. The molecule has 3 aliphatic heterocycles. The van der Waals surface area contributed by atoms with Gasteiger partial charge in [-0.05, 0) is 44.7 Å². The fourth-order valence-electron chi connectivity index (χ4n) is 5.38. The van der Waals surface area contributed by atoms with E-state index in [0.717, 1.165) is 84.6 Å². The van der Waals surface area contributed by atoms with Crippen molar-refractivity contribution in [3.8, 4) is 28.8 Å². The number of fused-ring (bicyclic) bond motifs is 2. The molecular weight excluding hydrogens is 482 g/mol. The molecule has 6 rings (SSSR count). The maximum absolute atomic E-state index is 12.1. The lowest BCUT2D eigenvalue weighted by atomic mass is 10.1. The van der Waals surface area contributed by atoms with Gasteiger partial charge in [0.05, 0.1) is 48.1 Å². The number of hydrogen-bond acceptors (Lipinski definition) is 8. The molecule has 3 aromatic heterocycles.